The van der Waals surface area contributed by atoms with Crippen molar-refractivity contribution in [1.29, 1.82) is 0 Å². The Morgan fingerprint density at radius 3 is 2.67 bits per heavy atom. The molecule has 3 rings (SSSR count). The van der Waals surface area contributed by atoms with Crippen molar-refractivity contribution in [1.82, 2.24) is 9.36 Å². The van der Waals surface area contributed by atoms with E-state index in [0.717, 1.165) is 37.1 Å². The van der Waals surface area contributed by atoms with E-state index in [-0.39, 0.29) is 6.54 Å². The van der Waals surface area contributed by atoms with E-state index in [1.54, 1.807) is 0 Å². The number of anilines is 2. The molecule has 1 heterocycles. The second-order valence-corrected chi connectivity index (χ2v) is 6.98. The minimum atomic E-state index is -0.585. The average molecular weight is 388 g/mol. The van der Waals surface area contributed by atoms with E-state index in [2.05, 4.69) is 38.6 Å². The molecule has 0 fully saturated rings. The Labute approximate surface area is 162 Å². The lowest BCUT2D eigenvalue weighted by molar-refractivity contribution is 0.574. The van der Waals surface area contributed by atoms with E-state index in [0.29, 0.717) is 11.5 Å². The largest absolute Gasteiger partial charge is 0.349 e. The highest BCUT2D eigenvalue weighted by molar-refractivity contribution is 7.09. The molecule has 0 atom stereocenters. The molecule has 1 N–H and O–H groups in total. The molecule has 0 bridgehead atoms. The third-order valence-corrected chi connectivity index (χ3v) is 4.91. The van der Waals surface area contributed by atoms with Gasteiger partial charge in [0.15, 0.2) is 0 Å². The Balaban J connectivity index is 1.67. The van der Waals surface area contributed by atoms with Gasteiger partial charge in [-0.25, -0.2) is 8.78 Å². The molecule has 142 valence electrons. The highest BCUT2D eigenvalue weighted by Crippen LogP contribution is 2.23. The number of hydrogen-bond acceptors (Lipinski definition) is 5. The first kappa shape index (κ1) is 19.2. The maximum absolute atomic E-state index is 13.7. The monoisotopic (exact) mass is 388 g/mol. The van der Waals surface area contributed by atoms with Gasteiger partial charge in [0.25, 0.3) is 0 Å². The highest BCUT2D eigenvalue weighted by Gasteiger charge is 2.13. The third-order valence-electron chi connectivity index (χ3n) is 4.14. The van der Waals surface area contributed by atoms with Gasteiger partial charge < -0.3 is 10.2 Å². The Hall–Kier alpha value is -2.54. The first-order valence-corrected chi connectivity index (χ1v) is 9.73. The highest BCUT2D eigenvalue weighted by atomic mass is 32.1. The average Bonchev–Trinajstić information content (AvgIpc) is 3.14. The first-order valence-electron chi connectivity index (χ1n) is 8.96. The molecule has 0 aliphatic heterocycles. The number of halogens is 2. The molecule has 1 aromatic heterocycles. The number of benzene rings is 2. The molecule has 0 spiro atoms. The molecule has 7 heteroatoms. The quantitative estimate of drug-likeness (QED) is 0.545. The Kier molecular flexibility index (Phi) is 6.70. The topological polar surface area (TPSA) is 41.1 Å². The van der Waals surface area contributed by atoms with Crippen molar-refractivity contribution in [2.75, 3.05) is 16.8 Å². The molecular weight excluding hydrogens is 366 g/mol. The number of unbranched alkanes of at least 4 members (excludes halogenated alkanes) is 1. The minimum absolute atomic E-state index is 0.204. The van der Waals surface area contributed by atoms with Gasteiger partial charge in [0.1, 0.15) is 11.6 Å². The molecule has 4 nitrogen and oxygen atoms in total. The summed E-state index contributed by atoms with van der Waals surface area (Å²) in [5.74, 6) is -0.710. The standard InChI is InChI=1S/C20H22F2N4S/c1-2-3-11-26(14-15-7-5-4-6-8-15)20-24-19(25-27-20)23-13-16-9-10-17(21)12-18(16)22/h4-10,12H,2-3,11,13-14H2,1H3,(H,23,25). The second-order valence-electron chi connectivity index (χ2n) is 6.25. The van der Waals surface area contributed by atoms with Gasteiger partial charge in [0, 0.05) is 42.8 Å². The summed E-state index contributed by atoms with van der Waals surface area (Å²) in [7, 11) is 0. The molecule has 0 amide bonds. The van der Waals surface area contributed by atoms with E-state index in [1.807, 2.05) is 18.2 Å². The van der Waals surface area contributed by atoms with Crippen LogP contribution in [0.15, 0.2) is 48.5 Å². The van der Waals surface area contributed by atoms with Crippen LogP contribution in [0.4, 0.5) is 19.9 Å². The van der Waals surface area contributed by atoms with Crippen LogP contribution in [-0.4, -0.2) is 15.9 Å². The van der Waals surface area contributed by atoms with Crippen LogP contribution in [0.5, 0.6) is 0 Å². The lowest BCUT2D eigenvalue weighted by atomic mass is 10.2. The van der Waals surface area contributed by atoms with Gasteiger partial charge in [0.05, 0.1) is 0 Å². The zero-order valence-electron chi connectivity index (χ0n) is 15.2. The Bertz CT molecular complexity index is 854. The summed E-state index contributed by atoms with van der Waals surface area (Å²) in [6.45, 7) is 4.02. The van der Waals surface area contributed by atoms with Crippen molar-refractivity contribution in [3.05, 3.63) is 71.3 Å². The van der Waals surface area contributed by atoms with Crippen molar-refractivity contribution >= 4 is 22.6 Å². The summed E-state index contributed by atoms with van der Waals surface area (Å²) in [4.78, 5) is 6.76. The van der Waals surface area contributed by atoms with Crippen LogP contribution in [-0.2, 0) is 13.1 Å². The summed E-state index contributed by atoms with van der Waals surface area (Å²) < 4.78 is 31.1. The number of aromatic nitrogens is 2. The fraction of sp³-hybridized carbons (Fsp3) is 0.300. The zero-order valence-corrected chi connectivity index (χ0v) is 16.0. The summed E-state index contributed by atoms with van der Waals surface area (Å²) in [5.41, 5.74) is 1.59. The van der Waals surface area contributed by atoms with Gasteiger partial charge in [-0.2, -0.15) is 9.36 Å². The predicted octanol–water partition coefficient (Wildman–Crippen LogP) is 5.24. The number of hydrogen-bond donors (Lipinski definition) is 1. The maximum Gasteiger partial charge on any atom is 0.236 e. The number of nitrogens with one attached hydrogen (secondary N) is 1. The molecule has 0 aliphatic carbocycles. The lowest BCUT2D eigenvalue weighted by Crippen LogP contribution is -2.23. The van der Waals surface area contributed by atoms with Crippen molar-refractivity contribution in [3.8, 4) is 0 Å². The van der Waals surface area contributed by atoms with E-state index in [1.165, 1.54) is 29.2 Å². The maximum atomic E-state index is 13.7. The van der Waals surface area contributed by atoms with Crippen LogP contribution in [0.2, 0.25) is 0 Å². The molecule has 0 radical (unpaired) electrons. The van der Waals surface area contributed by atoms with Crippen molar-refractivity contribution < 1.29 is 8.78 Å². The zero-order chi connectivity index (χ0) is 19.1. The minimum Gasteiger partial charge on any atom is -0.349 e. The van der Waals surface area contributed by atoms with Crippen LogP contribution in [0, 0.1) is 11.6 Å². The fourth-order valence-electron chi connectivity index (χ4n) is 2.65. The van der Waals surface area contributed by atoms with Crippen molar-refractivity contribution in [3.63, 3.8) is 0 Å². The van der Waals surface area contributed by atoms with Gasteiger partial charge in [-0.15, -0.1) is 0 Å². The summed E-state index contributed by atoms with van der Waals surface area (Å²) in [6, 6.07) is 13.8. The molecule has 3 aromatic rings. The van der Waals surface area contributed by atoms with Gasteiger partial charge in [0.2, 0.25) is 11.1 Å². The lowest BCUT2D eigenvalue weighted by Gasteiger charge is -2.21. The first-order chi connectivity index (χ1) is 13.2. The Morgan fingerprint density at radius 1 is 1.11 bits per heavy atom. The summed E-state index contributed by atoms with van der Waals surface area (Å²) in [6.07, 6.45) is 2.16. The molecule has 0 saturated heterocycles. The molecule has 0 aliphatic rings. The van der Waals surface area contributed by atoms with Crippen LogP contribution in [0.3, 0.4) is 0 Å². The number of nitrogens with zero attached hydrogens (tertiary/aromatic N) is 3. The smallest absolute Gasteiger partial charge is 0.236 e. The van der Waals surface area contributed by atoms with E-state index < -0.39 is 11.6 Å². The summed E-state index contributed by atoms with van der Waals surface area (Å²) >= 11 is 1.32. The van der Waals surface area contributed by atoms with E-state index in [9.17, 15) is 8.78 Å². The molecule has 0 unspecified atom stereocenters. The van der Waals surface area contributed by atoms with E-state index >= 15 is 0 Å². The predicted molar refractivity (Wildman–Crippen MR) is 106 cm³/mol. The second kappa shape index (κ2) is 9.41. The van der Waals surface area contributed by atoms with Crippen molar-refractivity contribution in [2.45, 2.75) is 32.9 Å². The van der Waals surface area contributed by atoms with Crippen LogP contribution in [0.25, 0.3) is 0 Å². The van der Waals surface area contributed by atoms with Gasteiger partial charge in [-0.3, -0.25) is 0 Å². The fourth-order valence-corrected chi connectivity index (χ4v) is 3.32. The normalized spacial score (nSPS) is 10.8. The Morgan fingerprint density at radius 2 is 1.93 bits per heavy atom. The summed E-state index contributed by atoms with van der Waals surface area (Å²) in [5, 5.41) is 3.84. The van der Waals surface area contributed by atoms with E-state index in [4.69, 9.17) is 0 Å². The molecule has 27 heavy (non-hydrogen) atoms. The number of rotatable bonds is 9. The molecule has 0 saturated carbocycles. The van der Waals surface area contributed by atoms with Crippen LogP contribution in [0.1, 0.15) is 30.9 Å². The van der Waals surface area contributed by atoms with Gasteiger partial charge >= 0.3 is 0 Å². The molecule has 2 aromatic carbocycles. The third kappa shape index (κ3) is 5.47. The van der Waals surface area contributed by atoms with Crippen LogP contribution < -0.4 is 10.2 Å². The molecular formula is C20H22F2N4S. The van der Waals surface area contributed by atoms with Crippen LogP contribution >= 0.6 is 11.5 Å². The SMILES string of the molecule is CCCCN(Cc1ccccc1)c1nc(NCc2ccc(F)cc2F)ns1. The van der Waals surface area contributed by atoms with Crippen molar-refractivity contribution in [2.24, 2.45) is 0 Å². The van der Waals surface area contributed by atoms with Gasteiger partial charge in [-0.05, 0) is 18.1 Å². The van der Waals surface area contributed by atoms with Gasteiger partial charge in [-0.1, -0.05) is 49.7 Å².